The minimum atomic E-state index is 0.293. The number of halogens is 1. The molecule has 2 aliphatic rings. The van der Waals surface area contributed by atoms with Crippen molar-refractivity contribution in [2.75, 3.05) is 57.3 Å². The van der Waals surface area contributed by atoms with Crippen molar-refractivity contribution >= 4 is 29.2 Å². The fourth-order valence-corrected chi connectivity index (χ4v) is 3.94. The fraction of sp³-hybridized carbons (Fsp3) is 0.600. The first kappa shape index (κ1) is 19.8. The molecule has 2 fully saturated rings. The molecular weight excluding hydrogens is 362 g/mol. The molecule has 0 radical (unpaired) electrons. The topological polar surface area (TPSA) is 51.2 Å². The Labute approximate surface area is 167 Å². The van der Waals surface area contributed by atoms with Crippen LogP contribution in [0.4, 0.5) is 5.69 Å². The van der Waals surface area contributed by atoms with Crippen LogP contribution in [0.2, 0.25) is 5.02 Å². The molecule has 2 saturated heterocycles. The molecule has 1 amide bonds. The lowest BCUT2D eigenvalue weighted by atomic mass is 10.2. The highest BCUT2D eigenvalue weighted by Crippen LogP contribution is 2.26. The number of guanidine groups is 1. The monoisotopic (exact) mass is 391 g/mol. The standard InChI is InChI=1S/C20H30ClN5O/c1-2-22-20(23-10-6-12-25-11-5-9-19(25)27)26-15-13-24(14-16-26)18-8-4-3-7-17(18)21/h3-4,7-8H,2,5-6,9-16H2,1H3,(H,22,23). The van der Waals surface area contributed by atoms with E-state index < -0.39 is 0 Å². The second-order valence-electron chi connectivity index (χ2n) is 7.00. The van der Waals surface area contributed by atoms with E-state index in [-0.39, 0.29) is 0 Å². The van der Waals surface area contributed by atoms with Crippen LogP contribution in [0.5, 0.6) is 0 Å². The number of nitrogens with zero attached hydrogens (tertiary/aromatic N) is 4. The highest BCUT2D eigenvalue weighted by Gasteiger charge is 2.21. The van der Waals surface area contributed by atoms with Crippen molar-refractivity contribution < 1.29 is 4.79 Å². The van der Waals surface area contributed by atoms with Gasteiger partial charge in [-0.3, -0.25) is 9.79 Å². The summed E-state index contributed by atoms with van der Waals surface area (Å²) in [6.07, 6.45) is 2.63. The van der Waals surface area contributed by atoms with Gasteiger partial charge in [0.15, 0.2) is 5.96 Å². The molecule has 0 spiro atoms. The molecule has 0 aromatic heterocycles. The number of aliphatic imine (C=N–C) groups is 1. The Morgan fingerprint density at radius 2 is 1.96 bits per heavy atom. The summed E-state index contributed by atoms with van der Waals surface area (Å²) in [7, 11) is 0. The normalized spacial score (nSPS) is 18.4. The zero-order valence-electron chi connectivity index (χ0n) is 16.2. The number of nitrogens with one attached hydrogen (secondary N) is 1. The van der Waals surface area contributed by atoms with Gasteiger partial charge in [-0.2, -0.15) is 0 Å². The maximum Gasteiger partial charge on any atom is 0.222 e. The van der Waals surface area contributed by atoms with Crippen molar-refractivity contribution in [1.29, 1.82) is 0 Å². The molecule has 2 heterocycles. The lowest BCUT2D eigenvalue weighted by Crippen LogP contribution is -2.52. The van der Waals surface area contributed by atoms with Crippen LogP contribution in [0.25, 0.3) is 0 Å². The summed E-state index contributed by atoms with van der Waals surface area (Å²) in [5.74, 6) is 1.27. The van der Waals surface area contributed by atoms with Gasteiger partial charge in [0.05, 0.1) is 10.7 Å². The molecule has 0 aliphatic carbocycles. The predicted molar refractivity (Wildman–Crippen MR) is 112 cm³/mol. The summed E-state index contributed by atoms with van der Waals surface area (Å²) in [5, 5.41) is 4.21. The number of rotatable bonds is 6. The number of anilines is 1. The third kappa shape index (κ3) is 5.28. The molecule has 148 valence electrons. The molecule has 1 N–H and O–H groups in total. The molecule has 6 nitrogen and oxygen atoms in total. The lowest BCUT2D eigenvalue weighted by molar-refractivity contribution is -0.127. The summed E-state index contributed by atoms with van der Waals surface area (Å²) in [6, 6.07) is 8.02. The number of amides is 1. The van der Waals surface area contributed by atoms with Crippen molar-refractivity contribution in [3.63, 3.8) is 0 Å². The Morgan fingerprint density at radius 3 is 2.63 bits per heavy atom. The van der Waals surface area contributed by atoms with Crippen LogP contribution in [0.1, 0.15) is 26.2 Å². The van der Waals surface area contributed by atoms with Crippen LogP contribution in [0, 0.1) is 0 Å². The Bertz CT molecular complexity index is 658. The maximum absolute atomic E-state index is 11.7. The molecule has 1 aromatic rings. The van der Waals surface area contributed by atoms with E-state index in [4.69, 9.17) is 16.6 Å². The van der Waals surface area contributed by atoms with E-state index in [0.29, 0.717) is 12.3 Å². The maximum atomic E-state index is 11.7. The van der Waals surface area contributed by atoms with Gasteiger partial charge in [0.25, 0.3) is 0 Å². The van der Waals surface area contributed by atoms with Gasteiger partial charge in [-0.05, 0) is 31.9 Å². The van der Waals surface area contributed by atoms with E-state index in [1.807, 2.05) is 23.1 Å². The molecule has 2 aliphatic heterocycles. The van der Waals surface area contributed by atoms with E-state index in [1.165, 1.54) is 0 Å². The number of benzene rings is 1. The molecule has 0 unspecified atom stereocenters. The molecule has 7 heteroatoms. The minimum absolute atomic E-state index is 0.293. The quantitative estimate of drug-likeness (QED) is 0.459. The first-order chi connectivity index (χ1) is 13.2. The number of carbonyl (C=O) groups is 1. The van der Waals surface area contributed by atoms with Crippen LogP contribution in [0.15, 0.2) is 29.3 Å². The third-order valence-corrected chi connectivity index (χ3v) is 5.45. The van der Waals surface area contributed by atoms with Gasteiger partial charge in [-0.1, -0.05) is 23.7 Å². The van der Waals surface area contributed by atoms with E-state index in [2.05, 4.69) is 28.1 Å². The van der Waals surface area contributed by atoms with E-state index >= 15 is 0 Å². The summed E-state index contributed by atoms with van der Waals surface area (Å²) >= 11 is 6.34. The number of piperazine rings is 1. The second-order valence-corrected chi connectivity index (χ2v) is 7.41. The zero-order chi connectivity index (χ0) is 19.1. The number of hydrogen-bond acceptors (Lipinski definition) is 3. The molecule has 1 aromatic carbocycles. The summed E-state index contributed by atoms with van der Waals surface area (Å²) < 4.78 is 0. The summed E-state index contributed by atoms with van der Waals surface area (Å²) in [5.41, 5.74) is 1.11. The van der Waals surface area contributed by atoms with Gasteiger partial charge in [-0.25, -0.2) is 0 Å². The van der Waals surface area contributed by atoms with Crippen molar-refractivity contribution in [2.24, 2.45) is 4.99 Å². The Morgan fingerprint density at radius 1 is 1.19 bits per heavy atom. The van der Waals surface area contributed by atoms with Crippen molar-refractivity contribution in [3.05, 3.63) is 29.3 Å². The van der Waals surface area contributed by atoms with Crippen LogP contribution >= 0.6 is 11.6 Å². The number of hydrogen-bond donors (Lipinski definition) is 1. The molecule has 0 bridgehead atoms. The summed E-state index contributed by atoms with van der Waals surface area (Å²) in [6.45, 7) is 9.12. The summed E-state index contributed by atoms with van der Waals surface area (Å²) in [4.78, 5) is 23.1. The number of likely N-dealkylation sites (tertiary alicyclic amines) is 1. The van der Waals surface area contributed by atoms with Crippen molar-refractivity contribution in [3.8, 4) is 0 Å². The smallest absolute Gasteiger partial charge is 0.222 e. The minimum Gasteiger partial charge on any atom is -0.367 e. The average molecular weight is 392 g/mol. The molecular formula is C20H30ClN5O. The fourth-order valence-electron chi connectivity index (χ4n) is 3.68. The molecule has 0 atom stereocenters. The number of carbonyl (C=O) groups excluding carboxylic acids is 1. The predicted octanol–water partition coefficient (Wildman–Crippen LogP) is 2.44. The Kier molecular flexibility index (Phi) is 7.21. The Hall–Kier alpha value is -1.95. The number of para-hydroxylation sites is 1. The SMILES string of the molecule is CCNC(=NCCCN1CCCC1=O)N1CCN(c2ccccc2Cl)CC1. The van der Waals surface area contributed by atoms with Crippen LogP contribution < -0.4 is 10.2 Å². The zero-order valence-corrected chi connectivity index (χ0v) is 16.9. The van der Waals surface area contributed by atoms with Gasteiger partial charge in [0.1, 0.15) is 0 Å². The lowest BCUT2D eigenvalue weighted by Gasteiger charge is -2.38. The van der Waals surface area contributed by atoms with Crippen LogP contribution in [-0.4, -0.2) is 74.0 Å². The van der Waals surface area contributed by atoms with Crippen LogP contribution in [0.3, 0.4) is 0 Å². The van der Waals surface area contributed by atoms with Gasteiger partial charge in [0.2, 0.25) is 5.91 Å². The van der Waals surface area contributed by atoms with Crippen molar-refractivity contribution in [1.82, 2.24) is 15.1 Å². The van der Waals surface area contributed by atoms with Gasteiger partial charge >= 0.3 is 0 Å². The average Bonchev–Trinajstić information content (AvgIpc) is 3.10. The highest BCUT2D eigenvalue weighted by molar-refractivity contribution is 6.33. The van der Waals surface area contributed by atoms with E-state index in [1.54, 1.807) is 0 Å². The molecule has 3 rings (SSSR count). The largest absolute Gasteiger partial charge is 0.367 e. The van der Waals surface area contributed by atoms with E-state index in [0.717, 1.165) is 81.9 Å². The highest BCUT2D eigenvalue weighted by atomic mass is 35.5. The first-order valence-corrected chi connectivity index (χ1v) is 10.4. The third-order valence-electron chi connectivity index (χ3n) is 5.13. The van der Waals surface area contributed by atoms with Crippen molar-refractivity contribution in [2.45, 2.75) is 26.2 Å². The van der Waals surface area contributed by atoms with Gasteiger partial charge in [-0.15, -0.1) is 0 Å². The second kappa shape index (κ2) is 9.83. The van der Waals surface area contributed by atoms with E-state index in [9.17, 15) is 4.79 Å². The first-order valence-electron chi connectivity index (χ1n) is 9.99. The molecule has 0 saturated carbocycles. The molecule has 27 heavy (non-hydrogen) atoms. The van der Waals surface area contributed by atoms with Gasteiger partial charge < -0.3 is 20.0 Å². The van der Waals surface area contributed by atoms with Gasteiger partial charge in [0, 0.05) is 58.8 Å². The van der Waals surface area contributed by atoms with Crippen LogP contribution in [-0.2, 0) is 4.79 Å². The Balaban J connectivity index is 1.50.